The second-order valence-electron chi connectivity index (χ2n) is 2.01. The first-order valence-corrected chi connectivity index (χ1v) is 4.94. The van der Waals surface area contributed by atoms with Crippen molar-refractivity contribution in [2.75, 3.05) is 7.11 Å². The van der Waals surface area contributed by atoms with Gasteiger partial charge in [-0.1, -0.05) is 0 Å². The van der Waals surface area contributed by atoms with Gasteiger partial charge in [-0.05, 0) is 13.8 Å². The number of nitrogens with zero attached hydrogens (tertiary/aromatic N) is 1. The molecule has 0 amide bonds. The van der Waals surface area contributed by atoms with Gasteiger partial charge in [0.05, 0.1) is 17.8 Å². The first kappa shape index (κ1) is 8.83. The van der Waals surface area contributed by atoms with Crippen LogP contribution in [0.2, 0.25) is 0 Å². The van der Waals surface area contributed by atoms with Gasteiger partial charge in [-0.3, -0.25) is 4.18 Å². The molecule has 1 heterocycles. The summed E-state index contributed by atoms with van der Waals surface area (Å²) in [5.41, 5.74) is 0.799. The number of aromatic nitrogens is 1. The van der Waals surface area contributed by atoms with Crippen LogP contribution in [0.4, 0.5) is 0 Å². The summed E-state index contributed by atoms with van der Waals surface area (Å²) in [7, 11) is 1.42. The van der Waals surface area contributed by atoms with Crippen LogP contribution < -0.4 is 0 Å². The van der Waals surface area contributed by atoms with Crippen LogP contribution in [-0.2, 0) is 15.3 Å². The minimum atomic E-state index is -1.33. The molecule has 62 valence electrons. The molecule has 1 rings (SSSR count). The maximum Gasteiger partial charge on any atom is 0.201 e. The second-order valence-corrected chi connectivity index (χ2v) is 4.68. The molecular formula is C6H9NO2S2. The Morgan fingerprint density at radius 2 is 2.18 bits per heavy atom. The normalized spacial score (nSPS) is 13.4. The Morgan fingerprint density at radius 3 is 2.55 bits per heavy atom. The Kier molecular flexibility index (Phi) is 2.75. The highest BCUT2D eigenvalue weighted by atomic mass is 32.2. The van der Waals surface area contributed by atoms with E-state index in [0.717, 1.165) is 10.7 Å². The molecule has 0 aliphatic heterocycles. The second kappa shape index (κ2) is 3.42. The first-order valence-electron chi connectivity index (χ1n) is 3.05. The predicted molar refractivity (Wildman–Crippen MR) is 45.0 cm³/mol. The van der Waals surface area contributed by atoms with Gasteiger partial charge < -0.3 is 0 Å². The van der Waals surface area contributed by atoms with Crippen molar-refractivity contribution in [1.82, 2.24) is 4.98 Å². The number of rotatable bonds is 2. The van der Waals surface area contributed by atoms with Gasteiger partial charge in [-0.15, -0.1) is 11.3 Å². The Balaban J connectivity index is 3.03. The van der Waals surface area contributed by atoms with Crippen LogP contribution in [0.1, 0.15) is 10.7 Å². The molecule has 1 atom stereocenters. The molecule has 0 fully saturated rings. The molecule has 0 saturated carbocycles. The molecule has 1 aromatic heterocycles. The molecule has 0 aliphatic rings. The maximum atomic E-state index is 11.1. The highest BCUT2D eigenvalue weighted by Gasteiger charge is 2.10. The largest absolute Gasteiger partial charge is 0.289 e. The zero-order valence-electron chi connectivity index (χ0n) is 6.58. The summed E-state index contributed by atoms with van der Waals surface area (Å²) in [5.74, 6) is 0. The van der Waals surface area contributed by atoms with Gasteiger partial charge in [0, 0.05) is 0 Å². The van der Waals surface area contributed by atoms with Gasteiger partial charge in [-0.25, -0.2) is 9.19 Å². The van der Waals surface area contributed by atoms with Gasteiger partial charge in [0.1, 0.15) is 4.21 Å². The van der Waals surface area contributed by atoms with E-state index in [1.165, 1.54) is 18.4 Å². The molecule has 1 aromatic rings. The average Bonchev–Trinajstić information content (AvgIpc) is 2.28. The zero-order valence-corrected chi connectivity index (χ0v) is 8.21. The van der Waals surface area contributed by atoms with Crippen LogP contribution in [0.25, 0.3) is 0 Å². The van der Waals surface area contributed by atoms with E-state index in [4.69, 9.17) is 0 Å². The third kappa shape index (κ3) is 1.85. The fraction of sp³-hybridized carbons (Fsp3) is 0.500. The highest BCUT2D eigenvalue weighted by Crippen LogP contribution is 2.21. The number of hydrogen-bond acceptors (Lipinski definition) is 4. The van der Waals surface area contributed by atoms with Gasteiger partial charge in [0.15, 0.2) is 0 Å². The first-order chi connectivity index (χ1) is 5.15. The lowest BCUT2D eigenvalue weighted by molar-refractivity contribution is 0.446. The fourth-order valence-electron chi connectivity index (χ4n) is 0.743. The van der Waals surface area contributed by atoms with Crippen LogP contribution in [-0.4, -0.2) is 16.3 Å². The average molecular weight is 191 g/mol. The quantitative estimate of drug-likeness (QED) is 0.710. The third-order valence-corrected chi connectivity index (χ3v) is 3.59. The fourth-order valence-corrected chi connectivity index (χ4v) is 2.66. The molecule has 0 aromatic carbocycles. The molecule has 5 heteroatoms. The van der Waals surface area contributed by atoms with E-state index in [9.17, 15) is 4.21 Å². The lowest BCUT2D eigenvalue weighted by Crippen LogP contribution is -1.91. The smallest absolute Gasteiger partial charge is 0.201 e. The summed E-state index contributed by atoms with van der Waals surface area (Å²) in [4.78, 5) is 4.13. The molecule has 0 bridgehead atoms. The van der Waals surface area contributed by atoms with Crippen LogP contribution in [0.3, 0.4) is 0 Å². The van der Waals surface area contributed by atoms with Crippen LogP contribution in [0, 0.1) is 13.8 Å². The lowest BCUT2D eigenvalue weighted by atomic mass is 10.6. The van der Waals surface area contributed by atoms with Crippen LogP contribution in [0.5, 0.6) is 0 Å². The van der Waals surface area contributed by atoms with E-state index in [2.05, 4.69) is 9.17 Å². The predicted octanol–water partition coefficient (Wildman–Crippen LogP) is 1.43. The Bertz CT molecular complexity index is 282. The molecule has 0 N–H and O–H groups in total. The van der Waals surface area contributed by atoms with E-state index in [1.54, 1.807) is 0 Å². The van der Waals surface area contributed by atoms with Crippen molar-refractivity contribution in [3.05, 3.63) is 10.7 Å². The summed E-state index contributed by atoms with van der Waals surface area (Å²) in [6.07, 6.45) is 0. The Hall–Kier alpha value is -0.260. The molecule has 1 unspecified atom stereocenters. The minimum absolute atomic E-state index is 0.713. The van der Waals surface area contributed by atoms with E-state index in [1.807, 2.05) is 13.8 Å². The number of thiazole rings is 1. The number of aryl methyl sites for hydroxylation is 2. The van der Waals surface area contributed by atoms with E-state index >= 15 is 0 Å². The minimum Gasteiger partial charge on any atom is -0.289 e. The molecule has 3 nitrogen and oxygen atoms in total. The van der Waals surface area contributed by atoms with Gasteiger partial charge in [0.2, 0.25) is 11.1 Å². The van der Waals surface area contributed by atoms with Crippen molar-refractivity contribution in [3.63, 3.8) is 0 Å². The molecule has 11 heavy (non-hydrogen) atoms. The standard InChI is InChI=1S/C6H9NO2S2/c1-4-6(11(8)9-3)10-5(2)7-4/h1-3H3. The van der Waals surface area contributed by atoms with Crippen molar-refractivity contribution in [2.45, 2.75) is 18.1 Å². The summed E-state index contributed by atoms with van der Waals surface area (Å²) in [6, 6.07) is 0. The van der Waals surface area contributed by atoms with Gasteiger partial charge >= 0.3 is 0 Å². The van der Waals surface area contributed by atoms with Crippen LogP contribution >= 0.6 is 11.3 Å². The zero-order chi connectivity index (χ0) is 8.43. The molecule has 0 radical (unpaired) electrons. The molecule has 0 saturated heterocycles. The van der Waals surface area contributed by atoms with Crippen molar-refractivity contribution < 1.29 is 8.39 Å². The summed E-state index contributed by atoms with van der Waals surface area (Å²) in [5, 5.41) is 0.919. The lowest BCUT2D eigenvalue weighted by Gasteiger charge is -1.92. The monoisotopic (exact) mass is 191 g/mol. The van der Waals surface area contributed by atoms with Crippen molar-refractivity contribution in [2.24, 2.45) is 0 Å². The molecule has 0 aliphatic carbocycles. The summed E-state index contributed by atoms with van der Waals surface area (Å²) in [6.45, 7) is 3.71. The topological polar surface area (TPSA) is 39.2 Å². The Morgan fingerprint density at radius 1 is 1.55 bits per heavy atom. The van der Waals surface area contributed by atoms with Crippen molar-refractivity contribution in [1.29, 1.82) is 0 Å². The maximum absolute atomic E-state index is 11.1. The highest BCUT2D eigenvalue weighted by molar-refractivity contribution is 7.82. The summed E-state index contributed by atoms with van der Waals surface area (Å²) >= 11 is 0.0857. The summed E-state index contributed by atoms with van der Waals surface area (Å²) < 4.78 is 16.5. The number of hydrogen-bond donors (Lipinski definition) is 0. The molecular weight excluding hydrogens is 182 g/mol. The van der Waals surface area contributed by atoms with Gasteiger partial charge in [-0.2, -0.15) is 0 Å². The van der Waals surface area contributed by atoms with Crippen molar-refractivity contribution in [3.8, 4) is 0 Å². The molecule has 0 spiro atoms. The van der Waals surface area contributed by atoms with Crippen LogP contribution in [0.15, 0.2) is 4.21 Å². The van der Waals surface area contributed by atoms with E-state index < -0.39 is 11.1 Å². The third-order valence-electron chi connectivity index (χ3n) is 1.16. The van der Waals surface area contributed by atoms with Crippen molar-refractivity contribution >= 4 is 22.4 Å². The van der Waals surface area contributed by atoms with E-state index in [-0.39, 0.29) is 0 Å². The van der Waals surface area contributed by atoms with Gasteiger partial charge in [0.25, 0.3) is 0 Å². The SMILES string of the molecule is COS(=O)c1sc(C)nc1C. The van der Waals surface area contributed by atoms with E-state index in [0.29, 0.717) is 4.21 Å². The Labute approximate surface area is 72.1 Å².